The average Bonchev–Trinajstić information content (AvgIpc) is 3.40. The summed E-state index contributed by atoms with van der Waals surface area (Å²) in [5, 5.41) is 16.9. The quantitative estimate of drug-likeness (QED) is 0.231. The molecule has 2 heterocycles. The van der Waals surface area contributed by atoms with Crippen molar-refractivity contribution in [3.05, 3.63) is 94.7 Å². The van der Waals surface area contributed by atoms with Crippen LogP contribution in [-0.4, -0.2) is 21.3 Å². The van der Waals surface area contributed by atoms with Crippen LogP contribution in [0.15, 0.2) is 84.2 Å². The van der Waals surface area contributed by atoms with Gasteiger partial charge in [-0.1, -0.05) is 54.6 Å². The van der Waals surface area contributed by atoms with Crippen LogP contribution in [0.25, 0.3) is 11.3 Å². The summed E-state index contributed by atoms with van der Waals surface area (Å²) in [6, 6.07) is 24.4. The molecule has 0 fully saturated rings. The lowest BCUT2D eigenvalue weighted by Crippen LogP contribution is -2.21. The van der Waals surface area contributed by atoms with Crippen molar-refractivity contribution in [2.45, 2.75) is 19.1 Å². The summed E-state index contributed by atoms with van der Waals surface area (Å²) in [5.41, 5.74) is 9.36. The predicted octanol–water partition coefficient (Wildman–Crippen LogP) is 5.15. The van der Waals surface area contributed by atoms with E-state index in [1.165, 1.54) is 11.3 Å². The van der Waals surface area contributed by atoms with E-state index in [4.69, 9.17) is 22.7 Å². The number of rotatable bonds is 8. The Morgan fingerprint density at radius 1 is 0.971 bits per heavy atom. The number of anilines is 2. The molecular formula is C25H23N5O2S2. The third-order valence-electron chi connectivity index (χ3n) is 4.93. The summed E-state index contributed by atoms with van der Waals surface area (Å²) < 4.78 is 5.45. The van der Waals surface area contributed by atoms with Gasteiger partial charge in [0.25, 0.3) is 0 Å². The first-order valence-corrected chi connectivity index (χ1v) is 11.9. The molecule has 4 N–H and O–H groups in total. The second-order valence-electron chi connectivity index (χ2n) is 7.39. The molecule has 2 aromatic carbocycles. The molecule has 0 amide bonds. The molecule has 0 radical (unpaired) electrons. The van der Waals surface area contributed by atoms with Gasteiger partial charge in [0.05, 0.1) is 12.1 Å². The molecule has 0 aliphatic heterocycles. The highest BCUT2D eigenvalue weighted by Gasteiger charge is 2.15. The lowest BCUT2D eigenvalue weighted by Gasteiger charge is -2.14. The highest BCUT2D eigenvalue weighted by Crippen LogP contribution is 2.22. The molecular weight excluding hydrogens is 466 g/mol. The molecule has 9 heteroatoms. The van der Waals surface area contributed by atoms with Gasteiger partial charge in [0.1, 0.15) is 6.61 Å². The number of nitrogens with two attached hydrogens (primary N) is 1. The van der Waals surface area contributed by atoms with Gasteiger partial charge in [-0.2, -0.15) is 0 Å². The average molecular weight is 490 g/mol. The van der Waals surface area contributed by atoms with E-state index in [-0.39, 0.29) is 25.0 Å². The van der Waals surface area contributed by atoms with E-state index in [1.807, 2.05) is 84.2 Å². The normalized spacial score (nSPS) is 11.4. The molecule has 1 atom stereocenters. The van der Waals surface area contributed by atoms with Crippen LogP contribution >= 0.6 is 23.6 Å². The molecule has 7 nitrogen and oxygen atoms in total. The van der Waals surface area contributed by atoms with Gasteiger partial charge in [0.15, 0.2) is 10.9 Å². The molecule has 4 rings (SSSR count). The third kappa shape index (κ3) is 6.44. The van der Waals surface area contributed by atoms with E-state index in [0.29, 0.717) is 10.9 Å². The van der Waals surface area contributed by atoms with E-state index >= 15 is 0 Å². The van der Waals surface area contributed by atoms with Crippen molar-refractivity contribution in [2.75, 3.05) is 10.6 Å². The minimum absolute atomic E-state index is 0.105. The smallest absolute Gasteiger partial charge is 0.308 e. The van der Waals surface area contributed by atoms with Gasteiger partial charge < -0.3 is 21.1 Å². The number of carbonyl (C=O) groups excluding carboxylic acids is 1. The number of ether oxygens (including phenoxy) is 1. The second kappa shape index (κ2) is 11.5. The minimum Gasteiger partial charge on any atom is -0.461 e. The Hall–Kier alpha value is -3.66. The number of aromatic nitrogens is 2. The number of esters is 1. The zero-order valence-corrected chi connectivity index (χ0v) is 19.8. The molecule has 2 aromatic heterocycles. The van der Waals surface area contributed by atoms with Crippen LogP contribution < -0.4 is 16.4 Å². The number of nitrogens with zero attached hydrogens (tertiary/aromatic N) is 2. The van der Waals surface area contributed by atoms with Crippen LogP contribution in [0, 0.1) is 0 Å². The topological polar surface area (TPSA) is 102 Å². The first-order valence-electron chi connectivity index (χ1n) is 10.6. The molecule has 0 aliphatic carbocycles. The van der Waals surface area contributed by atoms with Gasteiger partial charge in [-0.25, -0.2) is 0 Å². The number of para-hydroxylation sites is 1. The predicted molar refractivity (Wildman–Crippen MR) is 139 cm³/mol. The van der Waals surface area contributed by atoms with Gasteiger partial charge in [0.2, 0.25) is 0 Å². The number of nitrogens with one attached hydrogen (secondary N) is 2. The number of thiocarbonyl (C=S) groups is 1. The van der Waals surface area contributed by atoms with Crippen LogP contribution in [0.4, 0.5) is 11.5 Å². The summed E-state index contributed by atoms with van der Waals surface area (Å²) in [6.45, 7) is 0.105. The van der Waals surface area contributed by atoms with Gasteiger partial charge in [-0.05, 0) is 41.9 Å². The van der Waals surface area contributed by atoms with E-state index in [0.717, 1.165) is 27.4 Å². The standard InChI is InChI=1S/C25H23N5O2S2/c26-19(22-11-6-14-34-22)15-24(31)32-16-18-9-4-5-10-20(18)27-25(33)28-23-13-12-21(29-30-23)17-7-2-1-3-8-17/h1-14,19H,15-16,26H2,(H2,27,28,30,33). The van der Waals surface area contributed by atoms with Crippen molar-refractivity contribution >= 4 is 46.1 Å². The molecule has 0 spiro atoms. The molecule has 34 heavy (non-hydrogen) atoms. The summed E-state index contributed by atoms with van der Waals surface area (Å²) in [6.07, 6.45) is 0.119. The van der Waals surface area contributed by atoms with Gasteiger partial charge >= 0.3 is 5.97 Å². The fourth-order valence-electron chi connectivity index (χ4n) is 3.20. The largest absolute Gasteiger partial charge is 0.461 e. The van der Waals surface area contributed by atoms with E-state index in [1.54, 1.807) is 0 Å². The maximum absolute atomic E-state index is 12.3. The Kier molecular flexibility index (Phi) is 7.92. The fraction of sp³-hybridized carbons (Fsp3) is 0.120. The highest BCUT2D eigenvalue weighted by molar-refractivity contribution is 7.80. The number of benzene rings is 2. The zero-order valence-electron chi connectivity index (χ0n) is 18.2. The summed E-state index contributed by atoms with van der Waals surface area (Å²) in [5.74, 6) is 0.161. The molecule has 1 unspecified atom stereocenters. The van der Waals surface area contributed by atoms with Gasteiger partial charge in [-0.15, -0.1) is 21.5 Å². The van der Waals surface area contributed by atoms with Crippen molar-refractivity contribution in [2.24, 2.45) is 5.73 Å². The van der Waals surface area contributed by atoms with Gasteiger partial charge in [0, 0.05) is 27.7 Å². The monoisotopic (exact) mass is 489 g/mol. The maximum atomic E-state index is 12.3. The first-order chi connectivity index (χ1) is 16.6. The van der Waals surface area contributed by atoms with Crippen LogP contribution in [0.3, 0.4) is 0 Å². The lowest BCUT2D eigenvalue weighted by molar-refractivity contribution is -0.145. The Labute approximate surface area is 207 Å². The molecule has 0 bridgehead atoms. The van der Waals surface area contributed by atoms with Crippen molar-refractivity contribution in [3.8, 4) is 11.3 Å². The summed E-state index contributed by atoms with van der Waals surface area (Å²) in [7, 11) is 0. The number of thiophene rings is 1. The molecule has 172 valence electrons. The third-order valence-corrected chi connectivity index (χ3v) is 6.13. The Bertz CT molecular complexity index is 1230. The number of hydrogen-bond acceptors (Lipinski definition) is 7. The SMILES string of the molecule is NC(CC(=O)OCc1ccccc1NC(=S)Nc1ccc(-c2ccccc2)nn1)c1cccs1. The second-order valence-corrected chi connectivity index (χ2v) is 8.78. The fourth-order valence-corrected chi connectivity index (χ4v) is 4.14. The lowest BCUT2D eigenvalue weighted by atomic mass is 10.1. The first kappa shape index (κ1) is 23.5. The van der Waals surface area contributed by atoms with Crippen LogP contribution in [0.5, 0.6) is 0 Å². The Morgan fingerprint density at radius 3 is 2.50 bits per heavy atom. The van der Waals surface area contributed by atoms with Crippen molar-refractivity contribution in [1.29, 1.82) is 0 Å². The zero-order chi connectivity index (χ0) is 23.8. The van der Waals surface area contributed by atoms with E-state index in [2.05, 4.69) is 20.8 Å². The number of hydrogen-bond donors (Lipinski definition) is 3. The van der Waals surface area contributed by atoms with Crippen LogP contribution in [0.1, 0.15) is 22.9 Å². The molecule has 4 aromatic rings. The minimum atomic E-state index is -0.368. The van der Waals surface area contributed by atoms with Gasteiger partial charge in [-0.3, -0.25) is 4.79 Å². The summed E-state index contributed by atoms with van der Waals surface area (Å²) in [4.78, 5) is 13.2. The Balaban J connectivity index is 1.31. The summed E-state index contributed by atoms with van der Waals surface area (Å²) >= 11 is 6.95. The maximum Gasteiger partial charge on any atom is 0.308 e. The van der Waals surface area contributed by atoms with Crippen molar-refractivity contribution < 1.29 is 9.53 Å². The highest BCUT2D eigenvalue weighted by atomic mass is 32.1. The van der Waals surface area contributed by atoms with Crippen molar-refractivity contribution in [3.63, 3.8) is 0 Å². The van der Waals surface area contributed by atoms with E-state index < -0.39 is 0 Å². The van der Waals surface area contributed by atoms with Crippen molar-refractivity contribution in [1.82, 2.24) is 10.2 Å². The molecule has 0 aliphatic rings. The number of carbonyl (C=O) groups is 1. The Morgan fingerprint density at radius 2 is 1.76 bits per heavy atom. The van der Waals surface area contributed by atoms with Crippen LogP contribution in [-0.2, 0) is 16.1 Å². The van der Waals surface area contributed by atoms with Crippen LogP contribution in [0.2, 0.25) is 0 Å². The molecule has 0 saturated heterocycles. The van der Waals surface area contributed by atoms with E-state index in [9.17, 15) is 4.79 Å². The molecule has 0 saturated carbocycles.